The lowest BCUT2D eigenvalue weighted by atomic mass is 9.82. The van der Waals surface area contributed by atoms with Crippen molar-refractivity contribution in [1.29, 1.82) is 0 Å². The lowest BCUT2D eigenvalue weighted by molar-refractivity contribution is 0.106. The SMILES string of the molecule is Cc1sccc1[C@@H]1CCCC[C@H]1O. The molecule has 72 valence electrons. The van der Waals surface area contributed by atoms with Gasteiger partial charge in [0.25, 0.3) is 0 Å². The van der Waals surface area contributed by atoms with Gasteiger partial charge in [-0.15, -0.1) is 11.3 Å². The number of hydrogen-bond acceptors (Lipinski definition) is 2. The molecule has 0 amide bonds. The van der Waals surface area contributed by atoms with Crippen LogP contribution in [-0.2, 0) is 0 Å². The van der Waals surface area contributed by atoms with Crippen LogP contribution in [0.4, 0.5) is 0 Å². The zero-order valence-electron chi connectivity index (χ0n) is 7.99. The fourth-order valence-electron chi connectivity index (χ4n) is 2.25. The quantitative estimate of drug-likeness (QED) is 0.732. The Kier molecular flexibility index (Phi) is 2.70. The highest BCUT2D eigenvalue weighted by atomic mass is 32.1. The van der Waals surface area contributed by atoms with Crippen molar-refractivity contribution in [2.75, 3.05) is 0 Å². The highest BCUT2D eigenvalue weighted by Gasteiger charge is 2.25. The molecular weight excluding hydrogens is 180 g/mol. The van der Waals surface area contributed by atoms with Gasteiger partial charge in [0.2, 0.25) is 0 Å². The Morgan fingerprint density at radius 2 is 2.15 bits per heavy atom. The largest absolute Gasteiger partial charge is 0.392 e. The lowest BCUT2D eigenvalue weighted by Crippen LogP contribution is -2.22. The molecule has 1 aliphatic rings. The molecular formula is C11H16OS. The second kappa shape index (κ2) is 3.81. The van der Waals surface area contributed by atoms with Crippen molar-refractivity contribution in [2.45, 2.75) is 44.6 Å². The molecule has 0 radical (unpaired) electrons. The van der Waals surface area contributed by atoms with Crippen molar-refractivity contribution >= 4 is 11.3 Å². The zero-order chi connectivity index (χ0) is 9.26. The number of rotatable bonds is 1. The Morgan fingerprint density at radius 3 is 2.77 bits per heavy atom. The third-order valence-corrected chi connectivity index (χ3v) is 3.89. The Morgan fingerprint density at radius 1 is 1.38 bits per heavy atom. The molecule has 1 fully saturated rings. The maximum atomic E-state index is 9.87. The molecule has 2 atom stereocenters. The van der Waals surface area contributed by atoms with Crippen LogP contribution in [0, 0.1) is 6.92 Å². The number of aliphatic hydroxyl groups excluding tert-OH is 1. The Balaban J connectivity index is 2.19. The van der Waals surface area contributed by atoms with Gasteiger partial charge in [0.1, 0.15) is 0 Å². The molecule has 1 aromatic rings. The fraction of sp³-hybridized carbons (Fsp3) is 0.636. The van der Waals surface area contributed by atoms with E-state index in [1.54, 1.807) is 11.3 Å². The normalized spacial score (nSPS) is 29.1. The predicted molar refractivity (Wildman–Crippen MR) is 56.3 cm³/mol. The van der Waals surface area contributed by atoms with E-state index in [4.69, 9.17) is 0 Å². The van der Waals surface area contributed by atoms with E-state index in [0.717, 1.165) is 6.42 Å². The van der Waals surface area contributed by atoms with Gasteiger partial charge in [-0.05, 0) is 36.8 Å². The first kappa shape index (κ1) is 9.22. The first-order valence-electron chi connectivity index (χ1n) is 5.01. The predicted octanol–water partition coefficient (Wildman–Crippen LogP) is 3.08. The summed E-state index contributed by atoms with van der Waals surface area (Å²) in [6.07, 6.45) is 4.53. The highest BCUT2D eigenvalue weighted by Crippen LogP contribution is 2.36. The molecule has 1 aromatic heterocycles. The summed E-state index contributed by atoms with van der Waals surface area (Å²) < 4.78 is 0. The number of hydrogen-bond donors (Lipinski definition) is 1. The number of thiophene rings is 1. The van der Waals surface area contributed by atoms with Gasteiger partial charge in [0.15, 0.2) is 0 Å². The van der Waals surface area contributed by atoms with E-state index >= 15 is 0 Å². The smallest absolute Gasteiger partial charge is 0.0609 e. The third-order valence-electron chi connectivity index (χ3n) is 3.03. The van der Waals surface area contributed by atoms with E-state index in [9.17, 15) is 5.11 Å². The van der Waals surface area contributed by atoms with Crippen molar-refractivity contribution in [3.05, 3.63) is 21.9 Å². The van der Waals surface area contributed by atoms with Crippen LogP contribution in [0.2, 0.25) is 0 Å². The zero-order valence-corrected chi connectivity index (χ0v) is 8.81. The summed E-state index contributed by atoms with van der Waals surface area (Å²) in [5, 5.41) is 12.0. The molecule has 0 bridgehead atoms. The monoisotopic (exact) mass is 196 g/mol. The first-order chi connectivity index (χ1) is 6.29. The van der Waals surface area contributed by atoms with Gasteiger partial charge in [-0.3, -0.25) is 0 Å². The van der Waals surface area contributed by atoms with Gasteiger partial charge in [-0.2, -0.15) is 0 Å². The Bertz CT molecular complexity index is 279. The van der Waals surface area contributed by atoms with Crippen molar-refractivity contribution in [3.8, 4) is 0 Å². The Labute approximate surface area is 83.4 Å². The van der Waals surface area contributed by atoms with E-state index in [1.807, 2.05) is 0 Å². The molecule has 1 heterocycles. The molecule has 0 saturated heterocycles. The van der Waals surface area contributed by atoms with Gasteiger partial charge < -0.3 is 5.11 Å². The van der Waals surface area contributed by atoms with Gasteiger partial charge in [0, 0.05) is 10.8 Å². The molecule has 0 unspecified atom stereocenters. The minimum atomic E-state index is -0.0953. The van der Waals surface area contributed by atoms with Crippen LogP contribution in [0.5, 0.6) is 0 Å². The molecule has 2 heteroatoms. The van der Waals surface area contributed by atoms with E-state index in [-0.39, 0.29) is 6.10 Å². The van der Waals surface area contributed by atoms with Gasteiger partial charge >= 0.3 is 0 Å². The third kappa shape index (κ3) is 1.79. The van der Waals surface area contributed by atoms with Crippen LogP contribution >= 0.6 is 11.3 Å². The molecule has 13 heavy (non-hydrogen) atoms. The topological polar surface area (TPSA) is 20.2 Å². The summed E-state index contributed by atoms with van der Waals surface area (Å²) >= 11 is 1.79. The van der Waals surface area contributed by atoms with Gasteiger partial charge in [0.05, 0.1) is 6.10 Å². The summed E-state index contributed by atoms with van der Waals surface area (Å²) in [7, 11) is 0. The van der Waals surface area contributed by atoms with Crippen LogP contribution < -0.4 is 0 Å². The van der Waals surface area contributed by atoms with Crippen molar-refractivity contribution in [3.63, 3.8) is 0 Å². The summed E-state index contributed by atoms with van der Waals surface area (Å²) in [5.41, 5.74) is 1.39. The van der Waals surface area contributed by atoms with Crippen LogP contribution in [0.15, 0.2) is 11.4 Å². The molecule has 1 N–H and O–H groups in total. The summed E-state index contributed by atoms with van der Waals surface area (Å²) in [4.78, 5) is 1.38. The van der Waals surface area contributed by atoms with E-state index in [1.165, 1.54) is 29.7 Å². The molecule has 0 aliphatic heterocycles. The number of aryl methyl sites for hydroxylation is 1. The highest BCUT2D eigenvalue weighted by molar-refractivity contribution is 7.10. The van der Waals surface area contributed by atoms with E-state index < -0.39 is 0 Å². The van der Waals surface area contributed by atoms with Gasteiger partial charge in [-0.1, -0.05) is 12.8 Å². The standard InChI is InChI=1S/C11H16OS/c1-8-9(6-7-13-8)10-4-2-3-5-11(10)12/h6-7,10-12H,2-5H2,1H3/t10-,11+/m0/s1. The lowest BCUT2D eigenvalue weighted by Gasteiger charge is -2.27. The summed E-state index contributed by atoms with van der Waals surface area (Å²) in [6, 6.07) is 2.18. The Hall–Kier alpha value is -0.340. The van der Waals surface area contributed by atoms with Gasteiger partial charge in [-0.25, -0.2) is 0 Å². The van der Waals surface area contributed by atoms with Crippen LogP contribution in [0.3, 0.4) is 0 Å². The second-order valence-electron chi connectivity index (χ2n) is 3.89. The molecule has 2 rings (SSSR count). The minimum Gasteiger partial charge on any atom is -0.392 e. The maximum Gasteiger partial charge on any atom is 0.0609 e. The molecule has 0 aromatic carbocycles. The number of aliphatic hydroxyl groups is 1. The average molecular weight is 196 g/mol. The summed E-state index contributed by atoms with van der Waals surface area (Å²) in [6.45, 7) is 2.15. The minimum absolute atomic E-state index is 0.0953. The molecule has 1 saturated carbocycles. The molecule has 0 spiro atoms. The maximum absolute atomic E-state index is 9.87. The average Bonchev–Trinajstić information content (AvgIpc) is 2.52. The fourth-order valence-corrected chi connectivity index (χ4v) is 3.03. The first-order valence-corrected chi connectivity index (χ1v) is 5.89. The van der Waals surface area contributed by atoms with Crippen LogP contribution in [0.1, 0.15) is 42.0 Å². The summed E-state index contributed by atoms with van der Waals surface area (Å²) in [5.74, 6) is 0.417. The van der Waals surface area contributed by atoms with E-state index in [0.29, 0.717) is 5.92 Å². The van der Waals surface area contributed by atoms with Crippen molar-refractivity contribution < 1.29 is 5.11 Å². The van der Waals surface area contributed by atoms with Crippen LogP contribution in [-0.4, -0.2) is 11.2 Å². The molecule has 1 nitrogen and oxygen atoms in total. The van der Waals surface area contributed by atoms with E-state index in [2.05, 4.69) is 18.4 Å². The van der Waals surface area contributed by atoms with Crippen LogP contribution in [0.25, 0.3) is 0 Å². The van der Waals surface area contributed by atoms with Crippen molar-refractivity contribution in [1.82, 2.24) is 0 Å². The molecule has 1 aliphatic carbocycles. The van der Waals surface area contributed by atoms with Crippen molar-refractivity contribution in [2.24, 2.45) is 0 Å². The second-order valence-corrected chi connectivity index (χ2v) is 5.01.